The minimum absolute atomic E-state index is 0.358. The fourth-order valence-corrected chi connectivity index (χ4v) is 4.19. The van der Waals surface area contributed by atoms with Crippen LogP contribution < -0.4 is 5.32 Å². The second-order valence-electron chi connectivity index (χ2n) is 6.73. The third-order valence-corrected chi connectivity index (χ3v) is 5.31. The maximum Gasteiger partial charge on any atom is 0.400 e. The molecule has 0 radical (unpaired) electrons. The molecule has 22 heteroatoms. The Hall–Kier alpha value is -1.54. The van der Waals surface area contributed by atoms with Gasteiger partial charge in [-0.25, -0.2) is 12.5 Å². The quantitative estimate of drug-likeness (QED) is 0.0678. The topological polar surface area (TPSA) is 299 Å². The molecular weight excluding hydrogens is 554 g/mol. The van der Waals surface area contributed by atoms with Crippen LogP contribution in [0.15, 0.2) is 12.3 Å². The van der Waals surface area contributed by atoms with Crippen LogP contribution in [0.1, 0.15) is 26.7 Å². The number of nitrogens with one attached hydrogen (secondary N) is 1. The number of carbonyl (C=O) groups is 1. The summed E-state index contributed by atoms with van der Waals surface area (Å²) in [5, 5.41) is 33.6. The van der Waals surface area contributed by atoms with Crippen LogP contribution in [0, 0.1) is 0 Å². The van der Waals surface area contributed by atoms with Gasteiger partial charge in [0.25, 0.3) is 11.6 Å². The van der Waals surface area contributed by atoms with Crippen molar-refractivity contribution >= 4 is 37.1 Å². The van der Waals surface area contributed by atoms with E-state index >= 15 is 0 Å². The molecule has 35 heavy (non-hydrogen) atoms. The van der Waals surface area contributed by atoms with Crippen LogP contribution in [0.25, 0.3) is 0 Å². The average Bonchev–Trinajstić information content (AvgIpc) is 2.60. The number of amides is 1. The highest BCUT2D eigenvalue weighted by Gasteiger charge is 2.74. The van der Waals surface area contributed by atoms with Crippen LogP contribution >= 0.6 is 0 Å². The standard InChI is InChI=1S/C13H23NO18S3/c1-3-4-5-6-28-11-8(14-7(2)15)12(17,31-34(22,23)24)13(18,32-35(25,26)27)9(29-11)10(16)30-33(19,20)21/h5-6,8-11,16-18H,3-4H2,1-2H3,(H,14,15)(H,19,20,21)(H,22,23,24)(H,25,26,27)/t8-,9+,10?,11-,12-,13-/m0/s1. The van der Waals surface area contributed by atoms with Gasteiger partial charge in [0, 0.05) is 6.92 Å². The molecule has 1 aliphatic heterocycles. The van der Waals surface area contributed by atoms with Crippen LogP contribution in [-0.2, 0) is 58.0 Å². The van der Waals surface area contributed by atoms with E-state index < -0.39 is 73.4 Å². The molecule has 0 aliphatic carbocycles. The molecule has 0 aromatic rings. The fraction of sp³-hybridized carbons (Fsp3) is 0.769. The highest BCUT2D eigenvalue weighted by atomic mass is 32.3. The van der Waals surface area contributed by atoms with Gasteiger partial charge in [-0.1, -0.05) is 13.3 Å². The predicted octanol–water partition coefficient (Wildman–Crippen LogP) is -3.30. The maximum absolute atomic E-state index is 11.7. The minimum atomic E-state index is -6.01. The molecule has 1 saturated heterocycles. The summed E-state index contributed by atoms with van der Waals surface area (Å²) in [6.45, 7) is 2.50. The molecule has 1 unspecified atom stereocenters. The van der Waals surface area contributed by atoms with Gasteiger partial charge >= 0.3 is 31.2 Å². The lowest BCUT2D eigenvalue weighted by atomic mass is 9.88. The van der Waals surface area contributed by atoms with Gasteiger partial charge in [0.2, 0.25) is 18.5 Å². The molecule has 19 nitrogen and oxygen atoms in total. The Morgan fingerprint density at radius 3 is 1.97 bits per heavy atom. The zero-order valence-electron chi connectivity index (χ0n) is 17.7. The second kappa shape index (κ2) is 11.2. The van der Waals surface area contributed by atoms with Gasteiger partial charge in [-0.05, 0) is 12.5 Å². The zero-order chi connectivity index (χ0) is 27.5. The van der Waals surface area contributed by atoms with E-state index in [0.29, 0.717) is 12.8 Å². The van der Waals surface area contributed by atoms with Crippen LogP contribution in [0.3, 0.4) is 0 Å². The Morgan fingerprint density at radius 2 is 1.54 bits per heavy atom. The van der Waals surface area contributed by atoms with E-state index in [1.165, 1.54) is 6.08 Å². The molecule has 0 aromatic heterocycles. The fourth-order valence-electron chi connectivity index (χ4n) is 2.76. The van der Waals surface area contributed by atoms with E-state index in [-0.39, 0.29) is 0 Å². The van der Waals surface area contributed by atoms with Gasteiger partial charge in [0.15, 0.2) is 12.1 Å². The van der Waals surface area contributed by atoms with E-state index in [2.05, 4.69) is 12.5 Å². The van der Waals surface area contributed by atoms with Gasteiger partial charge < -0.3 is 30.1 Å². The van der Waals surface area contributed by atoms with E-state index in [9.17, 15) is 45.4 Å². The van der Waals surface area contributed by atoms with Crippen molar-refractivity contribution in [1.29, 1.82) is 0 Å². The SMILES string of the molecule is CCCC=CO[C@H]1O[C@H](C(O)OS(=O)(=O)O)[C@](O)(OS(=O)(=O)O)[C@@](O)(OS(=O)(=O)O)[C@H]1NC(C)=O. The second-order valence-corrected chi connectivity index (χ2v) is 9.82. The minimum Gasteiger partial charge on any atom is -0.470 e. The smallest absolute Gasteiger partial charge is 0.400 e. The van der Waals surface area contributed by atoms with Crippen molar-refractivity contribution in [3.8, 4) is 0 Å². The van der Waals surface area contributed by atoms with Crippen molar-refractivity contribution in [3.05, 3.63) is 12.3 Å². The van der Waals surface area contributed by atoms with Gasteiger partial charge in [0.05, 0.1) is 6.26 Å². The summed E-state index contributed by atoms with van der Waals surface area (Å²) in [7, 11) is -17.6. The average molecular weight is 578 g/mol. The molecule has 1 fully saturated rings. The molecule has 6 atom stereocenters. The van der Waals surface area contributed by atoms with Crippen LogP contribution in [0.4, 0.5) is 0 Å². The van der Waals surface area contributed by atoms with Crippen molar-refractivity contribution in [3.63, 3.8) is 0 Å². The monoisotopic (exact) mass is 577 g/mol. The van der Waals surface area contributed by atoms with E-state index in [4.69, 9.17) is 23.1 Å². The summed E-state index contributed by atoms with van der Waals surface area (Å²) in [6, 6.07) is -2.59. The number of ether oxygens (including phenoxy) is 2. The first kappa shape index (κ1) is 31.5. The molecule has 0 saturated carbocycles. The first-order valence-electron chi connectivity index (χ1n) is 9.03. The number of rotatable bonds is 12. The largest absolute Gasteiger partial charge is 0.470 e. The normalized spacial score (nSPS) is 31.3. The molecule has 0 bridgehead atoms. The number of aliphatic hydroxyl groups excluding tert-OH is 1. The third kappa shape index (κ3) is 8.81. The molecule has 1 amide bonds. The molecule has 7 N–H and O–H groups in total. The van der Waals surface area contributed by atoms with Gasteiger partial charge in [-0.2, -0.15) is 25.3 Å². The Balaban J connectivity index is 3.88. The van der Waals surface area contributed by atoms with Crippen LogP contribution in [-0.4, -0.2) is 96.4 Å². The van der Waals surface area contributed by atoms with E-state index in [1.54, 1.807) is 12.2 Å². The van der Waals surface area contributed by atoms with Crippen molar-refractivity contribution < 1.29 is 81.0 Å². The molecule has 206 valence electrons. The first-order chi connectivity index (χ1) is 15.7. The Labute approximate surface area is 199 Å². The maximum atomic E-state index is 11.7. The van der Waals surface area contributed by atoms with Crippen molar-refractivity contribution in [2.45, 2.75) is 63.0 Å². The van der Waals surface area contributed by atoms with E-state index in [0.717, 1.165) is 13.2 Å². The summed E-state index contributed by atoms with van der Waals surface area (Å²) >= 11 is 0. The molecular formula is C13H23NO18S3. The van der Waals surface area contributed by atoms with Gasteiger partial charge in [-0.3, -0.25) is 18.5 Å². The lowest BCUT2D eigenvalue weighted by molar-refractivity contribution is -0.444. The van der Waals surface area contributed by atoms with Gasteiger partial charge in [-0.15, -0.1) is 0 Å². The lowest BCUT2D eigenvalue weighted by Gasteiger charge is -2.53. The molecule has 0 spiro atoms. The zero-order valence-corrected chi connectivity index (χ0v) is 20.1. The van der Waals surface area contributed by atoms with E-state index in [1.807, 2.05) is 0 Å². The molecule has 1 aliphatic rings. The number of unbranched alkanes of at least 4 members (excludes halogenated alkanes) is 1. The van der Waals surface area contributed by atoms with Crippen LogP contribution in [0.5, 0.6) is 0 Å². The van der Waals surface area contributed by atoms with Crippen molar-refractivity contribution in [1.82, 2.24) is 5.32 Å². The van der Waals surface area contributed by atoms with Gasteiger partial charge in [0.1, 0.15) is 0 Å². The molecule has 1 rings (SSSR count). The number of hydrogen-bond donors (Lipinski definition) is 7. The number of allylic oxidation sites excluding steroid dienone is 1. The van der Waals surface area contributed by atoms with Crippen molar-refractivity contribution in [2.24, 2.45) is 0 Å². The highest BCUT2D eigenvalue weighted by molar-refractivity contribution is 7.81. The summed E-state index contributed by atoms with van der Waals surface area (Å²) in [6.07, 6.45) is -5.66. The lowest BCUT2D eigenvalue weighted by Crippen LogP contribution is -2.81. The number of aliphatic hydroxyl groups is 3. The molecule has 1 heterocycles. The summed E-state index contributed by atoms with van der Waals surface area (Å²) in [5.41, 5.74) is 0. The number of carbonyl (C=O) groups excluding carboxylic acids is 1. The highest BCUT2D eigenvalue weighted by Crippen LogP contribution is 2.43. The predicted molar refractivity (Wildman–Crippen MR) is 105 cm³/mol. The molecule has 0 aromatic carbocycles. The number of hydrogen-bond acceptors (Lipinski definition) is 15. The Morgan fingerprint density at radius 1 is 1.03 bits per heavy atom. The Bertz CT molecular complexity index is 1100. The Kier molecular flexibility index (Phi) is 10.1. The summed E-state index contributed by atoms with van der Waals surface area (Å²) in [4.78, 5) is 11.7. The summed E-state index contributed by atoms with van der Waals surface area (Å²) in [5.74, 6) is -9.94. The van der Waals surface area contributed by atoms with Crippen molar-refractivity contribution in [2.75, 3.05) is 0 Å². The summed E-state index contributed by atoms with van der Waals surface area (Å²) < 4.78 is 116. The third-order valence-electron chi connectivity index (χ3n) is 3.94. The first-order valence-corrected chi connectivity index (χ1v) is 13.1. The van der Waals surface area contributed by atoms with Crippen LogP contribution in [0.2, 0.25) is 0 Å².